The molecule has 3 aliphatic rings. The summed E-state index contributed by atoms with van der Waals surface area (Å²) in [6.45, 7) is 6.87. The van der Waals surface area contributed by atoms with E-state index in [0.717, 1.165) is 25.9 Å². The van der Waals surface area contributed by atoms with Crippen LogP contribution < -0.4 is 15.5 Å². The molecule has 2 N–H and O–H groups in total. The highest BCUT2D eigenvalue weighted by Gasteiger charge is 2.48. The van der Waals surface area contributed by atoms with E-state index in [2.05, 4.69) is 39.3 Å². The number of nitrogens with zero attached hydrogens (tertiary/aromatic N) is 4. The van der Waals surface area contributed by atoms with E-state index in [1.165, 1.54) is 0 Å². The van der Waals surface area contributed by atoms with Crippen molar-refractivity contribution in [2.45, 2.75) is 57.9 Å². The van der Waals surface area contributed by atoms with Crippen LogP contribution in [0.5, 0.6) is 0 Å². The fraction of sp³-hybridized carbons (Fsp3) is 0.739. The zero-order chi connectivity index (χ0) is 23.6. The standard InChI is InChI=1S/C23H34F2N6O2/c1-15(2)13-30-8-7-17(23(24,25)14-30)16-5-9-31(10-6-16)20-12-26-19(11-27-20)28-18-3-4-21(32)29-22(18)33/h11-12,15-18H,3-10,13-14H2,1-2H3,(H,26,28)(H,29,32,33). The maximum Gasteiger partial charge on any atom is 0.263 e. The number of piperidine rings is 3. The molecule has 0 radical (unpaired) electrons. The van der Waals surface area contributed by atoms with Gasteiger partial charge in [0.15, 0.2) is 0 Å². The summed E-state index contributed by atoms with van der Waals surface area (Å²) in [5.74, 6) is -2.20. The molecule has 1 aromatic heterocycles. The van der Waals surface area contributed by atoms with E-state index in [4.69, 9.17) is 0 Å². The first-order chi connectivity index (χ1) is 15.7. The number of hydrogen-bond donors (Lipinski definition) is 2. The van der Waals surface area contributed by atoms with E-state index in [0.29, 0.717) is 49.9 Å². The van der Waals surface area contributed by atoms with Crippen LogP contribution in [-0.4, -0.2) is 71.4 Å². The summed E-state index contributed by atoms with van der Waals surface area (Å²) < 4.78 is 29.9. The normalized spacial score (nSPS) is 27.0. The van der Waals surface area contributed by atoms with Gasteiger partial charge < -0.3 is 10.2 Å². The Hall–Kier alpha value is -2.36. The predicted octanol–water partition coefficient (Wildman–Crippen LogP) is 2.52. The molecule has 0 aliphatic carbocycles. The summed E-state index contributed by atoms with van der Waals surface area (Å²) in [7, 11) is 0. The molecule has 1 aromatic rings. The third-order valence-electron chi connectivity index (χ3n) is 6.99. The summed E-state index contributed by atoms with van der Waals surface area (Å²) in [4.78, 5) is 36.0. The zero-order valence-corrected chi connectivity index (χ0v) is 19.4. The van der Waals surface area contributed by atoms with E-state index in [1.807, 2.05) is 4.90 Å². The lowest BCUT2D eigenvalue weighted by atomic mass is 9.76. The van der Waals surface area contributed by atoms with Gasteiger partial charge in [-0.3, -0.25) is 19.8 Å². The number of nitrogens with one attached hydrogen (secondary N) is 2. The number of imide groups is 1. The maximum absolute atomic E-state index is 14.9. The third-order valence-corrected chi connectivity index (χ3v) is 6.99. The number of aromatic nitrogens is 2. The quantitative estimate of drug-likeness (QED) is 0.625. The fourth-order valence-electron chi connectivity index (χ4n) is 5.38. The first kappa shape index (κ1) is 23.8. The van der Waals surface area contributed by atoms with Crippen molar-refractivity contribution in [3.63, 3.8) is 0 Å². The van der Waals surface area contributed by atoms with Gasteiger partial charge in [-0.2, -0.15) is 0 Å². The van der Waals surface area contributed by atoms with Gasteiger partial charge >= 0.3 is 0 Å². The van der Waals surface area contributed by atoms with Crippen molar-refractivity contribution in [3.8, 4) is 0 Å². The number of alkyl halides is 2. The van der Waals surface area contributed by atoms with Gasteiger partial charge in [0.2, 0.25) is 11.8 Å². The number of carbonyl (C=O) groups is 2. The zero-order valence-electron chi connectivity index (χ0n) is 19.4. The summed E-state index contributed by atoms with van der Waals surface area (Å²) in [6, 6.07) is -0.507. The number of anilines is 2. The first-order valence-corrected chi connectivity index (χ1v) is 12.0. The van der Waals surface area contributed by atoms with Crippen LogP contribution in [0.15, 0.2) is 12.4 Å². The van der Waals surface area contributed by atoms with Crippen LogP contribution in [0.4, 0.5) is 20.4 Å². The summed E-state index contributed by atoms with van der Waals surface area (Å²) in [5, 5.41) is 5.32. The van der Waals surface area contributed by atoms with Gasteiger partial charge in [0.1, 0.15) is 17.7 Å². The molecular weight excluding hydrogens is 430 g/mol. The van der Waals surface area contributed by atoms with Crippen LogP contribution in [-0.2, 0) is 9.59 Å². The lowest BCUT2D eigenvalue weighted by Crippen LogP contribution is -2.53. The second-order valence-electron chi connectivity index (χ2n) is 10.0. The van der Waals surface area contributed by atoms with Crippen molar-refractivity contribution in [1.82, 2.24) is 20.2 Å². The van der Waals surface area contributed by atoms with Crippen molar-refractivity contribution in [2.24, 2.45) is 17.8 Å². The van der Waals surface area contributed by atoms with Gasteiger partial charge in [-0.15, -0.1) is 0 Å². The molecule has 2 unspecified atom stereocenters. The highest BCUT2D eigenvalue weighted by molar-refractivity contribution is 6.01. The summed E-state index contributed by atoms with van der Waals surface area (Å²) in [5.41, 5.74) is 0. The molecule has 182 valence electrons. The van der Waals surface area contributed by atoms with Crippen LogP contribution in [0.2, 0.25) is 0 Å². The molecule has 33 heavy (non-hydrogen) atoms. The predicted molar refractivity (Wildman–Crippen MR) is 121 cm³/mol. The molecule has 4 rings (SSSR count). The Labute approximate surface area is 193 Å². The van der Waals surface area contributed by atoms with E-state index in [1.54, 1.807) is 12.4 Å². The molecule has 2 atom stereocenters. The minimum absolute atomic E-state index is 0.0267. The van der Waals surface area contributed by atoms with Gasteiger partial charge in [-0.1, -0.05) is 13.8 Å². The number of halogens is 2. The molecule has 0 bridgehead atoms. The highest BCUT2D eigenvalue weighted by atomic mass is 19.3. The Morgan fingerprint density at radius 1 is 1.12 bits per heavy atom. The lowest BCUT2D eigenvalue weighted by molar-refractivity contribution is -0.134. The van der Waals surface area contributed by atoms with E-state index in [-0.39, 0.29) is 24.3 Å². The second kappa shape index (κ2) is 9.87. The van der Waals surface area contributed by atoms with Crippen LogP contribution in [0.1, 0.15) is 46.0 Å². The monoisotopic (exact) mass is 464 g/mol. The molecule has 3 fully saturated rings. The molecule has 4 heterocycles. The molecule has 0 saturated carbocycles. The molecule has 10 heteroatoms. The first-order valence-electron chi connectivity index (χ1n) is 12.0. The van der Waals surface area contributed by atoms with Crippen molar-refractivity contribution < 1.29 is 18.4 Å². The molecule has 3 aliphatic heterocycles. The smallest absolute Gasteiger partial charge is 0.263 e. The number of likely N-dealkylation sites (tertiary alicyclic amines) is 1. The molecule has 0 spiro atoms. The van der Waals surface area contributed by atoms with E-state index in [9.17, 15) is 18.4 Å². The Kier molecular flexibility index (Phi) is 7.11. The number of amides is 2. The van der Waals surface area contributed by atoms with Gasteiger partial charge in [-0.05, 0) is 44.1 Å². The summed E-state index contributed by atoms with van der Waals surface area (Å²) >= 11 is 0. The number of rotatable bonds is 6. The third kappa shape index (κ3) is 5.77. The number of hydrogen-bond acceptors (Lipinski definition) is 7. The Morgan fingerprint density at radius 3 is 2.48 bits per heavy atom. The average Bonchev–Trinajstić information content (AvgIpc) is 2.75. The molecule has 8 nitrogen and oxygen atoms in total. The van der Waals surface area contributed by atoms with Gasteiger partial charge in [0, 0.05) is 32.0 Å². The van der Waals surface area contributed by atoms with Crippen molar-refractivity contribution in [3.05, 3.63) is 12.4 Å². The minimum atomic E-state index is -2.64. The molecular formula is C23H34F2N6O2. The van der Waals surface area contributed by atoms with Crippen LogP contribution in [0, 0.1) is 17.8 Å². The van der Waals surface area contributed by atoms with Crippen molar-refractivity contribution >= 4 is 23.5 Å². The van der Waals surface area contributed by atoms with E-state index >= 15 is 0 Å². The Balaban J connectivity index is 1.28. The second-order valence-corrected chi connectivity index (χ2v) is 10.0. The van der Waals surface area contributed by atoms with Crippen molar-refractivity contribution in [1.29, 1.82) is 0 Å². The van der Waals surface area contributed by atoms with Gasteiger partial charge in [-0.25, -0.2) is 18.7 Å². The van der Waals surface area contributed by atoms with Gasteiger partial charge in [0.25, 0.3) is 5.92 Å². The lowest BCUT2D eigenvalue weighted by Gasteiger charge is -2.44. The van der Waals surface area contributed by atoms with Crippen LogP contribution in [0.3, 0.4) is 0 Å². The van der Waals surface area contributed by atoms with E-state index < -0.39 is 17.9 Å². The van der Waals surface area contributed by atoms with Crippen LogP contribution in [0.25, 0.3) is 0 Å². The highest BCUT2D eigenvalue weighted by Crippen LogP contribution is 2.42. The Bertz CT molecular complexity index is 842. The molecule has 2 amide bonds. The van der Waals surface area contributed by atoms with Crippen molar-refractivity contribution in [2.75, 3.05) is 42.9 Å². The molecule has 3 saturated heterocycles. The topological polar surface area (TPSA) is 90.5 Å². The largest absolute Gasteiger partial charge is 0.357 e. The average molecular weight is 465 g/mol. The van der Waals surface area contributed by atoms with Crippen LogP contribution >= 0.6 is 0 Å². The Morgan fingerprint density at radius 2 is 1.88 bits per heavy atom. The number of carbonyl (C=O) groups excluding carboxylic acids is 2. The van der Waals surface area contributed by atoms with Gasteiger partial charge in [0.05, 0.1) is 18.9 Å². The molecule has 0 aromatic carbocycles. The summed E-state index contributed by atoms with van der Waals surface area (Å²) in [6.07, 6.45) is 5.94. The fourth-order valence-corrected chi connectivity index (χ4v) is 5.38. The SMILES string of the molecule is CC(C)CN1CCC(C2CCN(c3cnc(NC4CCC(=O)NC4=O)cn3)CC2)C(F)(F)C1. The maximum atomic E-state index is 14.9. The minimum Gasteiger partial charge on any atom is -0.357 e.